The van der Waals surface area contributed by atoms with Crippen molar-refractivity contribution in [3.63, 3.8) is 0 Å². The number of nitrogens with zero attached hydrogens (tertiary/aromatic N) is 1. The Morgan fingerprint density at radius 1 is 1.24 bits per heavy atom. The number of furan rings is 1. The van der Waals surface area contributed by atoms with Gasteiger partial charge in [0, 0.05) is 13.1 Å². The molecule has 134 valence electrons. The van der Waals surface area contributed by atoms with Crippen LogP contribution in [0.5, 0.6) is 0 Å². The van der Waals surface area contributed by atoms with Gasteiger partial charge in [-0.3, -0.25) is 9.59 Å². The van der Waals surface area contributed by atoms with Crippen molar-refractivity contribution in [2.24, 2.45) is 5.92 Å². The zero-order valence-electron chi connectivity index (χ0n) is 14.7. The van der Waals surface area contributed by atoms with Crippen LogP contribution >= 0.6 is 0 Å². The number of carbonyl (C=O) groups is 2. The lowest BCUT2D eigenvalue weighted by molar-refractivity contribution is -0.134. The molecular formula is C19H23FN2O3. The summed E-state index contributed by atoms with van der Waals surface area (Å²) >= 11 is 0. The van der Waals surface area contributed by atoms with Crippen LogP contribution in [0.4, 0.5) is 4.39 Å². The first-order valence-corrected chi connectivity index (χ1v) is 8.30. The molecule has 0 saturated carbocycles. The van der Waals surface area contributed by atoms with Gasteiger partial charge in [0.25, 0.3) is 5.91 Å². The van der Waals surface area contributed by atoms with E-state index in [2.05, 4.69) is 5.32 Å². The Labute approximate surface area is 146 Å². The number of carbonyl (C=O) groups excluding carboxylic acids is 2. The Kier molecular flexibility index (Phi) is 6.33. The second-order valence-corrected chi connectivity index (χ2v) is 6.15. The van der Waals surface area contributed by atoms with Crippen molar-refractivity contribution in [3.8, 4) is 0 Å². The first-order chi connectivity index (χ1) is 11.9. The van der Waals surface area contributed by atoms with Crippen molar-refractivity contribution >= 4 is 11.8 Å². The fraction of sp³-hybridized carbons (Fsp3) is 0.368. The number of halogens is 1. The van der Waals surface area contributed by atoms with E-state index in [0.29, 0.717) is 12.1 Å². The highest BCUT2D eigenvalue weighted by atomic mass is 19.1. The number of likely N-dealkylation sites (N-methyl/N-ethyl adjacent to an activating group) is 1. The Morgan fingerprint density at radius 3 is 2.56 bits per heavy atom. The molecule has 1 aromatic carbocycles. The SMILES string of the molecule is CCN(Cc1cccc(F)c1)C(=O)[C@@H](NC(=O)c1ccco1)C(C)C. The van der Waals surface area contributed by atoms with Crippen molar-refractivity contribution in [3.05, 3.63) is 59.8 Å². The summed E-state index contributed by atoms with van der Waals surface area (Å²) in [6.07, 6.45) is 1.41. The number of nitrogens with one attached hydrogen (secondary N) is 1. The summed E-state index contributed by atoms with van der Waals surface area (Å²) in [5.74, 6) is -0.923. The summed E-state index contributed by atoms with van der Waals surface area (Å²) in [7, 11) is 0. The smallest absolute Gasteiger partial charge is 0.287 e. The van der Waals surface area contributed by atoms with Gasteiger partial charge < -0.3 is 14.6 Å². The fourth-order valence-corrected chi connectivity index (χ4v) is 2.53. The van der Waals surface area contributed by atoms with Crippen LogP contribution in [0.3, 0.4) is 0 Å². The van der Waals surface area contributed by atoms with Crippen LogP contribution in [0.1, 0.15) is 36.9 Å². The number of rotatable bonds is 7. The van der Waals surface area contributed by atoms with Crippen LogP contribution in [0.2, 0.25) is 0 Å². The van der Waals surface area contributed by atoms with E-state index in [-0.39, 0.29) is 29.9 Å². The number of hydrogen-bond acceptors (Lipinski definition) is 3. The lowest BCUT2D eigenvalue weighted by Crippen LogP contribution is -2.51. The number of hydrogen-bond donors (Lipinski definition) is 1. The summed E-state index contributed by atoms with van der Waals surface area (Å²) in [6, 6.07) is 8.62. The first-order valence-electron chi connectivity index (χ1n) is 8.30. The van der Waals surface area contributed by atoms with Crippen LogP contribution < -0.4 is 5.32 Å². The average Bonchev–Trinajstić information content (AvgIpc) is 3.11. The van der Waals surface area contributed by atoms with Crippen molar-refractivity contribution in [2.75, 3.05) is 6.54 Å². The minimum atomic E-state index is -0.689. The molecule has 0 saturated heterocycles. The van der Waals surface area contributed by atoms with Gasteiger partial charge >= 0.3 is 0 Å². The zero-order valence-corrected chi connectivity index (χ0v) is 14.7. The normalized spacial score (nSPS) is 12.0. The van der Waals surface area contributed by atoms with Gasteiger partial charge in [-0.15, -0.1) is 0 Å². The molecule has 0 aliphatic rings. The molecule has 2 aromatic rings. The lowest BCUT2D eigenvalue weighted by atomic mass is 10.0. The molecular weight excluding hydrogens is 323 g/mol. The molecule has 2 amide bonds. The number of benzene rings is 1. The van der Waals surface area contributed by atoms with Gasteiger partial charge in [0.1, 0.15) is 11.9 Å². The minimum Gasteiger partial charge on any atom is -0.459 e. The quantitative estimate of drug-likeness (QED) is 0.837. The van der Waals surface area contributed by atoms with E-state index < -0.39 is 11.9 Å². The van der Waals surface area contributed by atoms with E-state index in [0.717, 1.165) is 0 Å². The molecule has 0 aliphatic carbocycles. The van der Waals surface area contributed by atoms with E-state index in [4.69, 9.17) is 4.42 Å². The Morgan fingerprint density at radius 2 is 2.00 bits per heavy atom. The highest BCUT2D eigenvalue weighted by molar-refractivity contribution is 5.95. The Bertz CT molecular complexity index is 713. The third-order valence-corrected chi connectivity index (χ3v) is 3.92. The van der Waals surface area contributed by atoms with Crippen LogP contribution in [0.15, 0.2) is 47.1 Å². The molecule has 1 N–H and O–H groups in total. The van der Waals surface area contributed by atoms with Gasteiger partial charge in [-0.1, -0.05) is 26.0 Å². The third-order valence-electron chi connectivity index (χ3n) is 3.92. The zero-order chi connectivity index (χ0) is 18.4. The van der Waals surface area contributed by atoms with Gasteiger partial charge in [0.2, 0.25) is 5.91 Å². The minimum absolute atomic E-state index is 0.104. The van der Waals surface area contributed by atoms with E-state index in [1.54, 1.807) is 29.2 Å². The van der Waals surface area contributed by atoms with Crippen LogP contribution in [-0.4, -0.2) is 29.3 Å². The third kappa shape index (κ3) is 4.92. The van der Waals surface area contributed by atoms with Crippen LogP contribution in [0, 0.1) is 11.7 Å². The van der Waals surface area contributed by atoms with Crippen molar-refractivity contribution in [1.82, 2.24) is 10.2 Å². The van der Waals surface area contributed by atoms with Crippen molar-refractivity contribution in [2.45, 2.75) is 33.4 Å². The number of amides is 2. The predicted molar refractivity (Wildman–Crippen MR) is 92.3 cm³/mol. The van der Waals surface area contributed by atoms with E-state index in [1.807, 2.05) is 20.8 Å². The lowest BCUT2D eigenvalue weighted by Gasteiger charge is -2.29. The first kappa shape index (κ1) is 18.7. The molecule has 0 bridgehead atoms. The van der Waals surface area contributed by atoms with Gasteiger partial charge in [0.15, 0.2) is 5.76 Å². The largest absolute Gasteiger partial charge is 0.459 e. The monoisotopic (exact) mass is 346 g/mol. The van der Waals surface area contributed by atoms with Gasteiger partial charge in [-0.2, -0.15) is 0 Å². The Hall–Kier alpha value is -2.63. The second kappa shape index (κ2) is 8.46. The molecule has 2 rings (SSSR count). The highest BCUT2D eigenvalue weighted by Crippen LogP contribution is 2.13. The van der Waals surface area contributed by atoms with Crippen molar-refractivity contribution < 1.29 is 18.4 Å². The standard InChI is InChI=1S/C19H23FN2O3/c1-4-22(12-14-7-5-8-15(20)11-14)19(24)17(13(2)3)21-18(23)16-9-6-10-25-16/h5-11,13,17H,4,12H2,1-3H3,(H,21,23)/t17-/m0/s1. The average molecular weight is 346 g/mol. The van der Waals surface area contributed by atoms with Gasteiger partial charge in [-0.25, -0.2) is 4.39 Å². The fourth-order valence-electron chi connectivity index (χ4n) is 2.53. The molecule has 5 nitrogen and oxygen atoms in total. The van der Waals surface area contributed by atoms with Gasteiger partial charge in [-0.05, 0) is 42.7 Å². The molecule has 1 aromatic heterocycles. The molecule has 0 spiro atoms. The summed E-state index contributed by atoms with van der Waals surface area (Å²) in [5, 5.41) is 2.73. The van der Waals surface area contributed by atoms with Crippen LogP contribution in [0.25, 0.3) is 0 Å². The second-order valence-electron chi connectivity index (χ2n) is 6.15. The maximum atomic E-state index is 13.4. The highest BCUT2D eigenvalue weighted by Gasteiger charge is 2.29. The Balaban J connectivity index is 2.12. The molecule has 25 heavy (non-hydrogen) atoms. The van der Waals surface area contributed by atoms with E-state index >= 15 is 0 Å². The molecule has 1 atom stereocenters. The molecule has 0 unspecified atom stereocenters. The predicted octanol–water partition coefficient (Wildman–Crippen LogP) is 3.22. The van der Waals surface area contributed by atoms with E-state index in [9.17, 15) is 14.0 Å². The maximum absolute atomic E-state index is 13.4. The summed E-state index contributed by atoms with van der Waals surface area (Å²) in [6.45, 7) is 6.31. The van der Waals surface area contributed by atoms with Crippen molar-refractivity contribution in [1.29, 1.82) is 0 Å². The van der Waals surface area contributed by atoms with Crippen LogP contribution in [-0.2, 0) is 11.3 Å². The topological polar surface area (TPSA) is 62.6 Å². The molecule has 6 heteroatoms. The molecule has 1 heterocycles. The van der Waals surface area contributed by atoms with Gasteiger partial charge in [0.05, 0.1) is 6.26 Å². The van der Waals surface area contributed by atoms with E-state index in [1.165, 1.54) is 18.4 Å². The molecule has 0 fully saturated rings. The summed E-state index contributed by atoms with van der Waals surface area (Å²) in [5.41, 5.74) is 0.704. The summed E-state index contributed by atoms with van der Waals surface area (Å²) in [4.78, 5) is 26.7. The molecule has 0 aliphatic heterocycles. The molecule has 0 radical (unpaired) electrons. The summed E-state index contributed by atoms with van der Waals surface area (Å²) < 4.78 is 18.4. The maximum Gasteiger partial charge on any atom is 0.287 e.